The van der Waals surface area contributed by atoms with Crippen molar-refractivity contribution >= 4 is 11.8 Å². The van der Waals surface area contributed by atoms with Crippen LogP contribution in [0, 0.1) is 0 Å². The highest BCUT2D eigenvalue weighted by Gasteiger charge is 2.52. The lowest BCUT2D eigenvalue weighted by molar-refractivity contribution is -0.0494. The number of hydrogen-bond acceptors (Lipinski definition) is 5. The predicted octanol–water partition coefficient (Wildman–Crippen LogP) is 3.87. The number of alkyl halides is 2. The van der Waals surface area contributed by atoms with E-state index in [0.29, 0.717) is 24.3 Å². The van der Waals surface area contributed by atoms with Crippen molar-refractivity contribution < 1.29 is 18.3 Å². The van der Waals surface area contributed by atoms with E-state index in [1.165, 1.54) is 12.3 Å². The van der Waals surface area contributed by atoms with Gasteiger partial charge in [-0.1, -0.05) is 30.3 Å². The summed E-state index contributed by atoms with van der Waals surface area (Å²) in [6.07, 6.45) is 5.41. The molecule has 2 aliphatic heterocycles. The van der Waals surface area contributed by atoms with Gasteiger partial charge in [0.25, 0.3) is 0 Å². The summed E-state index contributed by atoms with van der Waals surface area (Å²) in [5, 5.41) is 7.96. The minimum atomic E-state index is -2.99. The van der Waals surface area contributed by atoms with Crippen molar-refractivity contribution in [3.05, 3.63) is 59.9 Å². The summed E-state index contributed by atoms with van der Waals surface area (Å²) in [5.74, 6) is -0.271. The smallest absolute Gasteiger partial charge is 0.387 e. The molecule has 3 aliphatic rings. The molecule has 2 fully saturated rings. The lowest BCUT2D eigenvalue weighted by Gasteiger charge is -2.50. The molecule has 1 saturated carbocycles. The van der Waals surface area contributed by atoms with Crippen LogP contribution in [0.25, 0.3) is 11.3 Å². The minimum absolute atomic E-state index is 0.0334. The molecule has 6 rings (SSSR count). The Morgan fingerprint density at radius 1 is 1.14 bits per heavy atom. The SMILES string of the molecule is Nc1ncc(-c2cc3n(n2)CCC32CN(C(=O)NC3(c4ccccc4)CCC3)C2)cc1OC(F)F. The molecule has 4 heterocycles. The molecule has 182 valence electrons. The zero-order chi connectivity index (χ0) is 24.2. The number of hydrogen-bond donors (Lipinski definition) is 2. The molecule has 3 aromatic rings. The molecular formula is C25H26F2N6O2. The number of pyridine rings is 1. The second-order valence-electron chi connectivity index (χ2n) is 9.74. The Morgan fingerprint density at radius 3 is 2.60 bits per heavy atom. The van der Waals surface area contributed by atoms with Gasteiger partial charge in [-0.05, 0) is 43.4 Å². The topological polar surface area (TPSA) is 98.3 Å². The number of aryl methyl sites for hydroxylation is 1. The fraction of sp³-hybridized carbons (Fsp3) is 0.400. The molecule has 1 aliphatic carbocycles. The molecule has 1 saturated heterocycles. The average Bonchev–Trinajstić information content (AvgIpc) is 3.36. The number of aromatic nitrogens is 3. The average molecular weight is 481 g/mol. The largest absolute Gasteiger partial charge is 0.431 e. The van der Waals surface area contributed by atoms with Crippen LogP contribution in [-0.2, 0) is 17.5 Å². The van der Waals surface area contributed by atoms with Gasteiger partial charge in [0.15, 0.2) is 11.6 Å². The number of anilines is 1. The molecule has 2 aromatic heterocycles. The number of nitrogen functional groups attached to an aromatic ring is 1. The van der Waals surface area contributed by atoms with Crippen molar-refractivity contribution in [3.8, 4) is 17.0 Å². The van der Waals surface area contributed by atoms with Gasteiger partial charge < -0.3 is 20.7 Å². The third kappa shape index (κ3) is 3.59. The number of ether oxygens (including phenoxy) is 1. The number of benzene rings is 1. The van der Waals surface area contributed by atoms with Crippen LogP contribution in [0.4, 0.5) is 19.4 Å². The summed E-state index contributed by atoms with van der Waals surface area (Å²) in [6.45, 7) is -1.01. The Kier molecular flexibility index (Phi) is 4.94. The van der Waals surface area contributed by atoms with Crippen molar-refractivity contribution in [2.24, 2.45) is 0 Å². The number of carbonyl (C=O) groups is 1. The first-order valence-corrected chi connectivity index (χ1v) is 11.8. The second-order valence-corrected chi connectivity index (χ2v) is 9.74. The van der Waals surface area contributed by atoms with Crippen LogP contribution < -0.4 is 15.8 Å². The molecule has 0 unspecified atom stereocenters. The molecule has 1 spiro atoms. The number of fused-ring (bicyclic) bond motifs is 2. The number of urea groups is 1. The van der Waals surface area contributed by atoms with E-state index in [2.05, 4.69) is 32.3 Å². The first-order valence-electron chi connectivity index (χ1n) is 11.8. The van der Waals surface area contributed by atoms with Gasteiger partial charge in [-0.15, -0.1) is 0 Å². The highest BCUT2D eigenvalue weighted by atomic mass is 19.3. The summed E-state index contributed by atoms with van der Waals surface area (Å²) in [6, 6.07) is 13.5. The van der Waals surface area contributed by atoms with Gasteiger partial charge in [-0.25, -0.2) is 9.78 Å². The first kappa shape index (κ1) is 21.8. The van der Waals surface area contributed by atoms with E-state index in [1.54, 1.807) is 0 Å². The Bertz CT molecular complexity index is 1270. The van der Waals surface area contributed by atoms with Gasteiger partial charge in [-0.3, -0.25) is 4.68 Å². The lowest BCUT2D eigenvalue weighted by atomic mass is 9.71. The van der Waals surface area contributed by atoms with Crippen LogP contribution in [0.15, 0.2) is 48.7 Å². The fourth-order valence-electron chi connectivity index (χ4n) is 5.59. The Hall–Kier alpha value is -3.69. The van der Waals surface area contributed by atoms with Gasteiger partial charge in [0.2, 0.25) is 0 Å². The van der Waals surface area contributed by atoms with Gasteiger partial charge in [0.05, 0.1) is 11.2 Å². The first-order chi connectivity index (χ1) is 16.9. The normalized spacial score (nSPS) is 19.2. The number of halogens is 2. The van der Waals surface area contributed by atoms with Crippen molar-refractivity contribution in [1.29, 1.82) is 0 Å². The molecule has 2 amide bonds. The molecule has 8 nitrogen and oxygen atoms in total. The van der Waals surface area contributed by atoms with E-state index in [-0.39, 0.29) is 28.6 Å². The van der Waals surface area contributed by atoms with Crippen LogP contribution >= 0.6 is 0 Å². The fourth-order valence-corrected chi connectivity index (χ4v) is 5.59. The highest BCUT2D eigenvalue weighted by molar-refractivity contribution is 5.77. The number of carbonyl (C=O) groups excluding carboxylic acids is 1. The molecule has 0 atom stereocenters. The van der Waals surface area contributed by atoms with Crippen molar-refractivity contribution in [2.45, 2.75) is 49.8 Å². The van der Waals surface area contributed by atoms with Gasteiger partial charge >= 0.3 is 12.6 Å². The van der Waals surface area contributed by atoms with Gasteiger partial charge in [-0.2, -0.15) is 13.9 Å². The van der Waals surface area contributed by atoms with E-state index in [0.717, 1.165) is 43.5 Å². The molecule has 10 heteroatoms. The van der Waals surface area contributed by atoms with E-state index in [4.69, 9.17) is 5.73 Å². The monoisotopic (exact) mass is 480 g/mol. The minimum Gasteiger partial charge on any atom is -0.431 e. The van der Waals surface area contributed by atoms with Crippen molar-refractivity contribution in [2.75, 3.05) is 18.8 Å². The summed E-state index contributed by atoms with van der Waals surface area (Å²) >= 11 is 0. The third-order valence-electron chi connectivity index (χ3n) is 7.67. The number of nitrogens with one attached hydrogen (secondary N) is 1. The van der Waals surface area contributed by atoms with E-state index < -0.39 is 6.61 Å². The second kappa shape index (κ2) is 7.93. The van der Waals surface area contributed by atoms with Crippen LogP contribution in [0.1, 0.15) is 36.9 Å². The van der Waals surface area contributed by atoms with Crippen LogP contribution in [0.5, 0.6) is 5.75 Å². The molecule has 35 heavy (non-hydrogen) atoms. The highest BCUT2D eigenvalue weighted by Crippen LogP contribution is 2.45. The third-order valence-corrected chi connectivity index (χ3v) is 7.67. The van der Waals surface area contributed by atoms with Crippen LogP contribution in [0.3, 0.4) is 0 Å². The molecule has 1 aromatic carbocycles. The van der Waals surface area contributed by atoms with Crippen molar-refractivity contribution in [1.82, 2.24) is 25.0 Å². The van der Waals surface area contributed by atoms with E-state index in [9.17, 15) is 13.6 Å². The zero-order valence-electron chi connectivity index (χ0n) is 19.1. The Labute approximate surface area is 201 Å². The Balaban J connectivity index is 1.17. The summed E-state index contributed by atoms with van der Waals surface area (Å²) < 4.78 is 31.8. The maximum absolute atomic E-state index is 13.1. The maximum Gasteiger partial charge on any atom is 0.387 e. The maximum atomic E-state index is 13.1. The van der Waals surface area contributed by atoms with Crippen LogP contribution in [0.2, 0.25) is 0 Å². The van der Waals surface area contributed by atoms with Crippen LogP contribution in [-0.4, -0.2) is 45.4 Å². The van der Waals surface area contributed by atoms with Gasteiger partial charge in [0.1, 0.15) is 0 Å². The standard InChI is InChI=1S/C25H26F2N6O2/c26-22(27)35-19-11-16(13-29-21(19)28)18-12-20-24(9-10-33(20)31-18)14-32(15-24)23(34)30-25(7-4-8-25)17-5-2-1-3-6-17/h1-3,5-6,11-13,22H,4,7-10,14-15H2,(H2,28,29)(H,30,34). The number of rotatable bonds is 5. The lowest BCUT2D eigenvalue weighted by Crippen LogP contribution is -2.65. The molecule has 3 N–H and O–H groups in total. The zero-order valence-corrected chi connectivity index (χ0v) is 19.1. The number of nitrogens with zero attached hydrogens (tertiary/aromatic N) is 4. The number of nitrogens with two attached hydrogens (primary N) is 1. The summed E-state index contributed by atoms with van der Waals surface area (Å²) in [5.41, 5.74) is 8.62. The summed E-state index contributed by atoms with van der Waals surface area (Å²) in [4.78, 5) is 19.0. The summed E-state index contributed by atoms with van der Waals surface area (Å²) in [7, 11) is 0. The Morgan fingerprint density at radius 2 is 1.91 bits per heavy atom. The number of amides is 2. The quantitative estimate of drug-likeness (QED) is 0.578. The van der Waals surface area contributed by atoms with E-state index in [1.807, 2.05) is 33.8 Å². The predicted molar refractivity (Wildman–Crippen MR) is 125 cm³/mol. The van der Waals surface area contributed by atoms with Gasteiger partial charge in [0, 0.05) is 42.5 Å². The van der Waals surface area contributed by atoms with Crippen molar-refractivity contribution in [3.63, 3.8) is 0 Å². The molecule has 0 radical (unpaired) electrons. The molecular weight excluding hydrogens is 454 g/mol. The van der Waals surface area contributed by atoms with E-state index >= 15 is 0 Å². The molecule has 0 bridgehead atoms. The number of likely N-dealkylation sites (tertiary alicyclic amines) is 1.